The van der Waals surface area contributed by atoms with E-state index >= 15 is 0 Å². The number of aromatic nitrogens is 1. The Morgan fingerprint density at radius 3 is 2.11 bits per heavy atom. The number of anilines is 1. The molecule has 1 rings (SSSR count). The van der Waals surface area contributed by atoms with Crippen LogP contribution in [0, 0.1) is 0 Å². The normalized spacial score (nSPS) is 13.7. The third-order valence-electron chi connectivity index (χ3n) is 3.24. The number of pyridine rings is 1. The van der Waals surface area contributed by atoms with Crippen molar-refractivity contribution in [1.82, 2.24) is 4.98 Å². The molecule has 0 unspecified atom stereocenters. The SMILES string of the molecule is CC(C)(c1cc(N)n[c]([Sn]([CH3])([CH3])[CH3])c1)S(C)(=O)=O. The first-order valence-electron chi connectivity index (χ1n) is 5.84. The molecule has 0 spiro atoms. The van der Waals surface area contributed by atoms with Crippen molar-refractivity contribution in [1.29, 1.82) is 0 Å². The molecule has 1 heterocycles. The minimum absolute atomic E-state index is 0.408. The average Bonchev–Trinajstić information content (AvgIpc) is 2.13. The van der Waals surface area contributed by atoms with Crippen molar-refractivity contribution in [3.8, 4) is 0 Å². The van der Waals surface area contributed by atoms with Crippen LogP contribution in [0.5, 0.6) is 0 Å². The van der Waals surface area contributed by atoms with Crippen molar-refractivity contribution < 1.29 is 8.42 Å². The van der Waals surface area contributed by atoms with Crippen molar-refractivity contribution in [2.24, 2.45) is 0 Å². The number of nitrogen functional groups attached to an aromatic ring is 1. The molecule has 0 aliphatic heterocycles. The summed E-state index contributed by atoms with van der Waals surface area (Å²) in [4.78, 5) is 11.1. The van der Waals surface area contributed by atoms with Crippen LogP contribution in [0.2, 0.25) is 14.8 Å². The maximum atomic E-state index is 11.9. The molecule has 0 aliphatic carbocycles. The van der Waals surface area contributed by atoms with Gasteiger partial charge in [-0.15, -0.1) is 0 Å². The fraction of sp³-hybridized carbons (Fsp3) is 0.583. The number of hydrogen-bond donors (Lipinski definition) is 1. The molecule has 0 saturated heterocycles. The zero-order valence-electron chi connectivity index (χ0n) is 11.9. The van der Waals surface area contributed by atoms with Gasteiger partial charge in [0, 0.05) is 0 Å². The summed E-state index contributed by atoms with van der Waals surface area (Å²) in [5, 5.41) is 0. The summed E-state index contributed by atoms with van der Waals surface area (Å²) >= 11 is -2.36. The molecule has 6 heteroatoms. The van der Waals surface area contributed by atoms with Crippen LogP contribution in [0.3, 0.4) is 0 Å². The third kappa shape index (κ3) is 3.17. The van der Waals surface area contributed by atoms with Crippen molar-refractivity contribution in [3.63, 3.8) is 0 Å². The molecule has 1 aromatic heterocycles. The van der Waals surface area contributed by atoms with Crippen LogP contribution < -0.4 is 9.44 Å². The van der Waals surface area contributed by atoms with E-state index in [1.807, 2.05) is 6.07 Å². The van der Waals surface area contributed by atoms with Crippen molar-refractivity contribution in [2.75, 3.05) is 12.0 Å². The molecule has 18 heavy (non-hydrogen) atoms. The van der Waals surface area contributed by atoms with Crippen LogP contribution in [0.1, 0.15) is 19.4 Å². The zero-order chi connectivity index (χ0) is 14.4. The molecule has 102 valence electrons. The fourth-order valence-electron chi connectivity index (χ4n) is 1.50. The van der Waals surface area contributed by atoms with E-state index in [1.165, 1.54) is 6.26 Å². The predicted molar refractivity (Wildman–Crippen MR) is 79.5 cm³/mol. The first-order valence-corrected chi connectivity index (χ1v) is 17.7. The van der Waals surface area contributed by atoms with Gasteiger partial charge in [-0.2, -0.15) is 0 Å². The summed E-state index contributed by atoms with van der Waals surface area (Å²) in [6.07, 6.45) is 1.25. The standard InChI is InChI=1S/C9H13N2O2S.3CH3.Sn/c1-9(2,14(3,12)13)7-4-5-11-8(10)6-7;;;;/h4,6H,1-3H3,(H2,10,11);3*1H3;. The van der Waals surface area contributed by atoms with Gasteiger partial charge in [0.2, 0.25) is 0 Å². The van der Waals surface area contributed by atoms with Crippen molar-refractivity contribution >= 4 is 37.7 Å². The number of sulfone groups is 1. The van der Waals surface area contributed by atoms with E-state index in [-0.39, 0.29) is 0 Å². The second-order valence-corrected chi connectivity index (χ2v) is 23.1. The topological polar surface area (TPSA) is 73.0 Å². The third-order valence-corrected chi connectivity index (χ3v) is 10.4. The van der Waals surface area contributed by atoms with E-state index in [9.17, 15) is 8.42 Å². The molecule has 0 aromatic carbocycles. The van der Waals surface area contributed by atoms with E-state index in [1.54, 1.807) is 19.9 Å². The Bertz CT molecular complexity index is 560. The molecule has 1 aromatic rings. The predicted octanol–water partition coefficient (Wildman–Crippen LogP) is 1.49. The Kier molecular flexibility index (Phi) is 4.08. The fourth-order valence-corrected chi connectivity index (χ4v) is 5.05. The molecule has 0 bridgehead atoms. The van der Waals surface area contributed by atoms with Crippen LogP contribution in [0.4, 0.5) is 5.82 Å². The molecule has 0 atom stereocenters. The molecule has 0 aliphatic rings. The van der Waals surface area contributed by atoms with Gasteiger partial charge in [-0.05, 0) is 0 Å². The van der Waals surface area contributed by atoms with Gasteiger partial charge in [0.15, 0.2) is 0 Å². The van der Waals surface area contributed by atoms with Crippen LogP contribution in [0.15, 0.2) is 12.1 Å². The molecular weight excluding hydrogens is 355 g/mol. The van der Waals surface area contributed by atoms with Gasteiger partial charge >= 0.3 is 114 Å². The second-order valence-electron chi connectivity index (χ2n) is 6.20. The molecule has 0 saturated carbocycles. The summed E-state index contributed by atoms with van der Waals surface area (Å²) in [6.45, 7) is 3.41. The van der Waals surface area contributed by atoms with Gasteiger partial charge < -0.3 is 0 Å². The number of nitrogens with two attached hydrogens (primary N) is 1. The monoisotopic (exact) mass is 378 g/mol. The molecule has 0 amide bonds. The van der Waals surface area contributed by atoms with Gasteiger partial charge in [-0.1, -0.05) is 0 Å². The summed E-state index contributed by atoms with van der Waals surface area (Å²) in [5.41, 5.74) is 6.56. The van der Waals surface area contributed by atoms with Crippen LogP contribution in [0.25, 0.3) is 0 Å². The Hall–Kier alpha value is -0.301. The summed E-state index contributed by atoms with van der Waals surface area (Å²) in [7, 11) is -3.19. The molecule has 4 nitrogen and oxygen atoms in total. The number of hydrogen-bond acceptors (Lipinski definition) is 4. The van der Waals surface area contributed by atoms with Gasteiger partial charge in [-0.25, -0.2) is 0 Å². The van der Waals surface area contributed by atoms with E-state index in [0.717, 1.165) is 9.27 Å². The zero-order valence-corrected chi connectivity index (χ0v) is 15.6. The Morgan fingerprint density at radius 2 is 1.72 bits per heavy atom. The van der Waals surface area contributed by atoms with Crippen LogP contribution in [-0.2, 0) is 14.6 Å². The molecule has 2 N–H and O–H groups in total. The summed E-state index contributed by atoms with van der Waals surface area (Å²) in [6, 6.07) is 3.59. The van der Waals surface area contributed by atoms with Gasteiger partial charge in [0.1, 0.15) is 0 Å². The minimum atomic E-state index is -3.19. The quantitative estimate of drug-likeness (QED) is 0.811. The Morgan fingerprint density at radius 1 is 1.22 bits per heavy atom. The molecule has 0 radical (unpaired) electrons. The van der Waals surface area contributed by atoms with Crippen molar-refractivity contribution in [3.05, 3.63) is 17.7 Å². The van der Waals surface area contributed by atoms with Crippen LogP contribution >= 0.6 is 0 Å². The first-order chi connectivity index (χ1) is 7.85. The Labute approximate surface area is 114 Å². The number of rotatable bonds is 3. The number of nitrogens with zero attached hydrogens (tertiary/aromatic N) is 1. The summed E-state index contributed by atoms with van der Waals surface area (Å²) < 4.78 is 23.8. The first kappa shape index (κ1) is 15.8. The second kappa shape index (κ2) is 4.67. The maximum absolute atomic E-state index is 11.9. The molecule has 0 fully saturated rings. The van der Waals surface area contributed by atoms with Gasteiger partial charge in [-0.3, -0.25) is 0 Å². The van der Waals surface area contributed by atoms with Crippen LogP contribution in [-0.4, -0.2) is 38.0 Å². The average molecular weight is 377 g/mol. The van der Waals surface area contributed by atoms with E-state index < -0.39 is 33.0 Å². The molecular formula is C12H22N2O2SSn. The van der Waals surface area contributed by atoms with Gasteiger partial charge in [0.25, 0.3) is 0 Å². The van der Waals surface area contributed by atoms with E-state index in [4.69, 9.17) is 5.73 Å². The van der Waals surface area contributed by atoms with E-state index in [0.29, 0.717) is 5.82 Å². The Balaban J connectivity index is 3.50. The summed E-state index contributed by atoms with van der Waals surface area (Å²) in [5.74, 6) is 0.408. The van der Waals surface area contributed by atoms with E-state index in [2.05, 4.69) is 19.8 Å². The van der Waals surface area contributed by atoms with Crippen molar-refractivity contribution in [2.45, 2.75) is 33.4 Å². The van der Waals surface area contributed by atoms with Gasteiger partial charge in [0.05, 0.1) is 0 Å².